The fourth-order valence-electron chi connectivity index (χ4n) is 2.98. The van der Waals surface area contributed by atoms with Crippen molar-refractivity contribution in [2.24, 2.45) is 16.6 Å². The van der Waals surface area contributed by atoms with Crippen molar-refractivity contribution >= 4 is 23.4 Å². The Morgan fingerprint density at radius 1 is 1.21 bits per heavy atom. The minimum absolute atomic E-state index is 0.0157. The predicted octanol–water partition coefficient (Wildman–Crippen LogP) is 2.71. The molecule has 128 valence electrons. The maximum absolute atomic E-state index is 12.4. The number of hydrogen-bond acceptors (Lipinski definition) is 4. The van der Waals surface area contributed by atoms with Gasteiger partial charge in [0, 0.05) is 29.6 Å². The van der Waals surface area contributed by atoms with Crippen LogP contribution in [0.1, 0.15) is 44.1 Å². The first-order valence-corrected chi connectivity index (χ1v) is 8.70. The van der Waals surface area contributed by atoms with E-state index in [2.05, 4.69) is 10.3 Å². The highest BCUT2D eigenvalue weighted by Gasteiger charge is 2.25. The van der Waals surface area contributed by atoms with Crippen molar-refractivity contribution in [3.63, 3.8) is 0 Å². The van der Waals surface area contributed by atoms with Crippen LogP contribution in [0.25, 0.3) is 5.57 Å². The molecule has 0 unspecified atom stereocenters. The van der Waals surface area contributed by atoms with E-state index in [0.29, 0.717) is 18.9 Å². The number of nitrogens with zero attached hydrogens (tertiary/aromatic N) is 1. The average molecular weight is 327 g/mol. The molecule has 0 radical (unpaired) electrons. The van der Waals surface area contributed by atoms with Gasteiger partial charge in [-0.3, -0.25) is 9.79 Å². The number of anilines is 1. The maximum Gasteiger partial charge on any atom is 0.227 e. The highest BCUT2D eigenvalue weighted by Crippen LogP contribution is 2.27. The summed E-state index contributed by atoms with van der Waals surface area (Å²) >= 11 is 0. The van der Waals surface area contributed by atoms with Crippen molar-refractivity contribution in [3.05, 3.63) is 36.0 Å². The zero-order valence-corrected chi connectivity index (χ0v) is 13.8. The van der Waals surface area contributed by atoms with Crippen LogP contribution in [0.4, 0.5) is 5.69 Å². The molecule has 1 amide bonds. The number of carbonyl (C=O) groups excluding carboxylic acids is 1. The molecule has 4 N–H and O–H groups in total. The third-order valence-electron chi connectivity index (χ3n) is 4.68. The monoisotopic (exact) mass is 327 g/mol. The number of carbonyl (C=O) groups is 1. The van der Waals surface area contributed by atoms with Crippen LogP contribution in [-0.2, 0) is 4.79 Å². The fraction of sp³-hybridized carbons (Fsp3) is 0.474. The van der Waals surface area contributed by atoms with Crippen molar-refractivity contribution in [1.29, 1.82) is 0 Å². The topological polar surface area (TPSA) is 87.7 Å². The third kappa shape index (κ3) is 4.45. The number of rotatable bonds is 5. The molecule has 1 aromatic carbocycles. The van der Waals surface area contributed by atoms with Gasteiger partial charge in [-0.05, 0) is 56.2 Å². The van der Waals surface area contributed by atoms with E-state index in [1.54, 1.807) is 6.20 Å². The van der Waals surface area contributed by atoms with E-state index in [1.807, 2.05) is 30.5 Å². The number of aliphatic hydroxyl groups excluding tert-OH is 1. The van der Waals surface area contributed by atoms with Gasteiger partial charge in [-0.1, -0.05) is 12.1 Å². The molecule has 0 aliphatic heterocycles. The first-order valence-electron chi connectivity index (χ1n) is 8.70. The van der Waals surface area contributed by atoms with Gasteiger partial charge in [-0.25, -0.2) is 0 Å². The molecule has 2 aliphatic rings. The van der Waals surface area contributed by atoms with Crippen LogP contribution in [0.15, 0.2) is 35.5 Å². The smallest absolute Gasteiger partial charge is 0.227 e. The van der Waals surface area contributed by atoms with Gasteiger partial charge >= 0.3 is 0 Å². The highest BCUT2D eigenvalue weighted by atomic mass is 16.3. The lowest BCUT2D eigenvalue weighted by Crippen LogP contribution is -2.28. The van der Waals surface area contributed by atoms with E-state index in [0.717, 1.165) is 42.5 Å². The molecule has 0 aromatic heterocycles. The lowest BCUT2D eigenvalue weighted by Gasteiger charge is -2.24. The third-order valence-corrected chi connectivity index (χ3v) is 4.68. The largest absolute Gasteiger partial charge is 0.404 e. The number of nitrogens with two attached hydrogens (primary N) is 1. The summed E-state index contributed by atoms with van der Waals surface area (Å²) in [5.74, 6) is 0.0157. The number of allylic oxidation sites excluding steroid dienone is 1. The highest BCUT2D eigenvalue weighted by molar-refractivity contribution is 6.10. The van der Waals surface area contributed by atoms with Gasteiger partial charge in [-0.2, -0.15) is 0 Å². The summed E-state index contributed by atoms with van der Waals surface area (Å²) in [6.07, 6.45) is 8.33. The van der Waals surface area contributed by atoms with Crippen molar-refractivity contribution in [2.75, 3.05) is 5.32 Å². The summed E-state index contributed by atoms with van der Waals surface area (Å²) in [7, 11) is 0. The molecule has 2 aliphatic carbocycles. The molecule has 3 rings (SSSR count). The normalized spacial score (nSPS) is 25.0. The maximum atomic E-state index is 12.4. The summed E-state index contributed by atoms with van der Waals surface area (Å²) < 4.78 is 0. The quantitative estimate of drug-likeness (QED) is 0.727. The van der Waals surface area contributed by atoms with Gasteiger partial charge in [0.25, 0.3) is 0 Å². The Labute approximate surface area is 142 Å². The molecule has 5 heteroatoms. The molecule has 0 heterocycles. The Kier molecular flexibility index (Phi) is 5.30. The molecule has 1 aromatic rings. The minimum Gasteiger partial charge on any atom is -0.404 e. The Hall–Kier alpha value is -2.14. The molecular formula is C19H25N3O2. The summed E-state index contributed by atoms with van der Waals surface area (Å²) in [5.41, 5.74) is 8.30. The van der Waals surface area contributed by atoms with Gasteiger partial charge in [0.05, 0.1) is 12.1 Å². The molecule has 2 saturated carbocycles. The molecular weight excluding hydrogens is 302 g/mol. The number of amides is 1. The molecule has 0 bridgehead atoms. The standard InChI is InChI=1S/C19H25N3O2/c20-11-15(12-21-16-6-7-16)14-2-1-3-17(10-14)22-19(24)13-4-8-18(23)9-5-13/h1-3,10-13,16,18,23H,4-9,20H2,(H,22,24). The second-order valence-corrected chi connectivity index (χ2v) is 6.71. The molecule has 0 spiro atoms. The van der Waals surface area contributed by atoms with E-state index in [1.165, 1.54) is 0 Å². The summed E-state index contributed by atoms with van der Waals surface area (Å²) in [5, 5.41) is 12.5. The lowest BCUT2D eigenvalue weighted by molar-refractivity contribution is -0.121. The number of aliphatic hydroxyl groups is 1. The zero-order chi connectivity index (χ0) is 16.9. The summed E-state index contributed by atoms with van der Waals surface area (Å²) in [6.45, 7) is 0. The number of hydrogen-bond donors (Lipinski definition) is 3. The fourth-order valence-corrected chi connectivity index (χ4v) is 2.98. The zero-order valence-electron chi connectivity index (χ0n) is 13.8. The van der Waals surface area contributed by atoms with E-state index in [9.17, 15) is 9.90 Å². The van der Waals surface area contributed by atoms with E-state index in [-0.39, 0.29) is 17.9 Å². The Balaban J connectivity index is 1.65. The Morgan fingerprint density at radius 2 is 1.96 bits per heavy atom. The Morgan fingerprint density at radius 3 is 2.62 bits per heavy atom. The van der Waals surface area contributed by atoms with Crippen molar-refractivity contribution < 1.29 is 9.90 Å². The first kappa shape index (κ1) is 16.7. The SMILES string of the molecule is NC=C(C=NC1CC1)c1cccc(NC(=O)C2CCC(O)CC2)c1. The predicted molar refractivity (Wildman–Crippen MR) is 96.7 cm³/mol. The van der Waals surface area contributed by atoms with Gasteiger partial charge in [0.2, 0.25) is 5.91 Å². The molecule has 24 heavy (non-hydrogen) atoms. The molecule has 0 saturated heterocycles. The number of aliphatic imine (C=N–C) groups is 1. The van der Waals surface area contributed by atoms with Crippen LogP contribution in [0.5, 0.6) is 0 Å². The first-order chi connectivity index (χ1) is 11.7. The van der Waals surface area contributed by atoms with Gasteiger partial charge < -0.3 is 16.2 Å². The van der Waals surface area contributed by atoms with E-state index < -0.39 is 0 Å². The van der Waals surface area contributed by atoms with Crippen LogP contribution >= 0.6 is 0 Å². The minimum atomic E-state index is -0.250. The van der Waals surface area contributed by atoms with Crippen LogP contribution in [-0.4, -0.2) is 29.4 Å². The van der Waals surface area contributed by atoms with E-state index >= 15 is 0 Å². The van der Waals surface area contributed by atoms with Crippen LogP contribution < -0.4 is 11.1 Å². The molecule has 0 atom stereocenters. The van der Waals surface area contributed by atoms with Crippen molar-refractivity contribution in [2.45, 2.75) is 50.7 Å². The van der Waals surface area contributed by atoms with Crippen LogP contribution in [0.3, 0.4) is 0 Å². The van der Waals surface area contributed by atoms with Crippen molar-refractivity contribution in [3.8, 4) is 0 Å². The second-order valence-electron chi connectivity index (χ2n) is 6.71. The molecule has 5 nitrogen and oxygen atoms in total. The molecule has 2 fully saturated rings. The average Bonchev–Trinajstić information content (AvgIpc) is 3.41. The summed E-state index contributed by atoms with van der Waals surface area (Å²) in [4.78, 5) is 16.9. The van der Waals surface area contributed by atoms with E-state index in [4.69, 9.17) is 5.73 Å². The van der Waals surface area contributed by atoms with Crippen molar-refractivity contribution in [1.82, 2.24) is 0 Å². The second kappa shape index (κ2) is 7.62. The van der Waals surface area contributed by atoms with Gasteiger partial charge in [0.1, 0.15) is 0 Å². The van der Waals surface area contributed by atoms with Gasteiger partial charge in [-0.15, -0.1) is 0 Å². The lowest BCUT2D eigenvalue weighted by atomic mass is 9.87. The van der Waals surface area contributed by atoms with Crippen LogP contribution in [0, 0.1) is 5.92 Å². The number of benzene rings is 1. The van der Waals surface area contributed by atoms with Crippen LogP contribution in [0.2, 0.25) is 0 Å². The Bertz CT molecular complexity index is 642. The number of nitrogens with one attached hydrogen (secondary N) is 1. The summed E-state index contributed by atoms with van der Waals surface area (Å²) in [6, 6.07) is 8.12. The van der Waals surface area contributed by atoms with Gasteiger partial charge in [0.15, 0.2) is 0 Å².